The van der Waals surface area contributed by atoms with Gasteiger partial charge in [0.2, 0.25) is 0 Å². The second kappa shape index (κ2) is 44.6. The Morgan fingerprint density at radius 2 is 0.618 bits per heavy atom. The number of rotatable bonds is 43. The molecule has 0 aliphatic carbocycles. The van der Waals surface area contributed by atoms with E-state index in [1.807, 2.05) is 0 Å². The Morgan fingerprint density at radius 1 is 0.345 bits per heavy atom. The zero-order chi connectivity index (χ0) is 40.1. The molecule has 6 nitrogen and oxygen atoms in total. The van der Waals surface area contributed by atoms with Crippen molar-refractivity contribution in [3.05, 3.63) is 24.3 Å². The summed E-state index contributed by atoms with van der Waals surface area (Å²) in [6.45, 7) is 6.58. The van der Waals surface area contributed by atoms with Crippen LogP contribution in [0.5, 0.6) is 0 Å². The van der Waals surface area contributed by atoms with Crippen LogP contribution in [0.15, 0.2) is 24.3 Å². The predicted molar refractivity (Wildman–Crippen MR) is 233 cm³/mol. The summed E-state index contributed by atoms with van der Waals surface area (Å²) in [5, 5.41) is 0. The van der Waals surface area contributed by atoms with E-state index >= 15 is 0 Å². The van der Waals surface area contributed by atoms with Gasteiger partial charge in [-0.2, -0.15) is 0 Å². The highest BCUT2D eigenvalue weighted by atomic mass is 16.6. The quantitative estimate of drug-likeness (QED) is 0.0266. The van der Waals surface area contributed by atoms with Crippen LogP contribution in [0.1, 0.15) is 252 Å². The van der Waals surface area contributed by atoms with Gasteiger partial charge in [0.05, 0.1) is 0 Å². The molecule has 0 amide bonds. The van der Waals surface area contributed by atoms with E-state index in [-0.39, 0.29) is 31.1 Å². The number of hydrogen-bond acceptors (Lipinski definition) is 6. The average Bonchev–Trinajstić information content (AvgIpc) is 3.18. The molecule has 322 valence electrons. The van der Waals surface area contributed by atoms with Crippen molar-refractivity contribution >= 4 is 17.9 Å². The molecule has 0 aromatic rings. The molecule has 0 rings (SSSR count). The summed E-state index contributed by atoms with van der Waals surface area (Å²) in [6.07, 6.45) is 48.7. The molecule has 0 aromatic heterocycles. The largest absolute Gasteiger partial charge is 0.462 e. The van der Waals surface area contributed by atoms with Crippen molar-refractivity contribution < 1.29 is 28.6 Å². The lowest BCUT2D eigenvalue weighted by atomic mass is 10.1. The van der Waals surface area contributed by atoms with Crippen molar-refractivity contribution in [2.24, 2.45) is 0 Å². The lowest BCUT2D eigenvalue weighted by Gasteiger charge is -2.18. The molecule has 0 aliphatic rings. The topological polar surface area (TPSA) is 78.9 Å². The zero-order valence-electron chi connectivity index (χ0n) is 36.7. The van der Waals surface area contributed by atoms with Crippen molar-refractivity contribution in [2.45, 2.75) is 258 Å². The smallest absolute Gasteiger partial charge is 0.306 e. The summed E-state index contributed by atoms with van der Waals surface area (Å²) < 4.78 is 16.7. The Morgan fingerprint density at radius 3 is 0.982 bits per heavy atom. The van der Waals surface area contributed by atoms with E-state index in [2.05, 4.69) is 45.1 Å². The van der Waals surface area contributed by atoms with Crippen molar-refractivity contribution in [2.75, 3.05) is 13.2 Å². The standard InChI is InChI=1S/C49H90O6/c1-4-7-10-13-16-19-22-23-24-25-28-30-33-36-39-42-48(51)54-45-46(55-49(52)43-40-37-34-31-27-21-18-15-12-9-6-3)44-53-47(50)41-38-35-32-29-26-20-17-14-11-8-5-2/h15,18-19,22,46H,4-14,16-17,20-21,23-45H2,1-3H3/b18-15-,22-19-/t46-/m0/s1. The highest BCUT2D eigenvalue weighted by Gasteiger charge is 2.19. The highest BCUT2D eigenvalue weighted by molar-refractivity contribution is 5.71. The van der Waals surface area contributed by atoms with E-state index in [0.717, 1.165) is 70.6 Å². The number of allylic oxidation sites excluding steroid dienone is 4. The average molecular weight is 775 g/mol. The maximum absolute atomic E-state index is 12.7. The van der Waals surface area contributed by atoms with E-state index in [4.69, 9.17) is 14.2 Å². The van der Waals surface area contributed by atoms with Crippen LogP contribution in [-0.4, -0.2) is 37.2 Å². The number of esters is 3. The molecule has 55 heavy (non-hydrogen) atoms. The fourth-order valence-electron chi connectivity index (χ4n) is 6.77. The van der Waals surface area contributed by atoms with Gasteiger partial charge in [-0.25, -0.2) is 0 Å². The Kier molecular flexibility index (Phi) is 42.9. The molecule has 0 aliphatic heterocycles. The minimum Gasteiger partial charge on any atom is -0.462 e. The minimum absolute atomic E-state index is 0.0730. The van der Waals surface area contributed by atoms with Gasteiger partial charge in [-0.15, -0.1) is 0 Å². The van der Waals surface area contributed by atoms with Gasteiger partial charge in [-0.3, -0.25) is 14.4 Å². The first-order valence-corrected chi connectivity index (χ1v) is 23.8. The van der Waals surface area contributed by atoms with Gasteiger partial charge >= 0.3 is 17.9 Å². The summed E-state index contributed by atoms with van der Waals surface area (Å²) in [7, 11) is 0. The Labute approximate surface area is 341 Å². The van der Waals surface area contributed by atoms with Gasteiger partial charge in [-0.05, 0) is 64.2 Å². The molecule has 6 heteroatoms. The van der Waals surface area contributed by atoms with Gasteiger partial charge < -0.3 is 14.2 Å². The molecular formula is C49H90O6. The van der Waals surface area contributed by atoms with Crippen LogP contribution in [0.4, 0.5) is 0 Å². The number of unbranched alkanes of at least 4 members (excludes halogenated alkanes) is 28. The molecule has 0 fully saturated rings. The zero-order valence-corrected chi connectivity index (χ0v) is 36.7. The fourth-order valence-corrected chi connectivity index (χ4v) is 6.77. The van der Waals surface area contributed by atoms with Crippen LogP contribution < -0.4 is 0 Å². The first-order valence-electron chi connectivity index (χ1n) is 23.8. The molecular weight excluding hydrogens is 685 g/mol. The van der Waals surface area contributed by atoms with E-state index < -0.39 is 6.10 Å². The number of hydrogen-bond donors (Lipinski definition) is 0. The van der Waals surface area contributed by atoms with Gasteiger partial charge in [0.15, 0.2) is 6.10 Å². The second-order valence-electron chi connectivity index (χ2n) is 16.0. The summed E-state index contributed by atoms with van der Waals surface area (Å²) >= 11 is 0. The van der Waals surface area contributed by atoms with Crippen LogP contribution >= 0.6 is 0 Å². The summed E-state index contributed by atoms with van der Waals surface area (Å²) in [6, 6.07) is 0. The molecule has 0 spiro atoms. The van der Waals surface area contributed by atoms with E-state index in [1.165, 1.54) is 141 Å². The van der Waals surface area contributed by atoms with E-state index in [9.17, 15) is 14.4 Å². The van der Waals surface area contributed by atoms with Crippen LogP contribution in [0.3, 0.4) is 0 Å². The molecule has 0 N–H and O–H groups in total. The molecule has 0 saturated heterocycles. The highest BCUT2D eigenvalue weighted by Crippen LogP contribution is 2.15. The van der Waals surface area contributed by atoms with Crippen molar-refractivity contribution in [1.29, 1.82) is 0 Å². The lowest BCUT2D eigenvalue weighted by Crippen LogP contribution is -2.30. The van der Waals surface area contributed by atoms with E-state index in [1.54, 1.807) is 0 Å². The fraction of sp³-hybridized carbons (Fsp3) is 0.857. The van der Waals surface area contributed by atoms with Gasteiger partial charge in [0.1, 0.15) is 13.2 Å². The van der Waals surface area contributed by atoms with Crippen molar-refractivity contribution in [3.63, 3.8) is 0 Å². The second-order valence-corrected chi connectivity index (χ2v) is 16.0. The molecule has 0 unspecified atom stereocenters. The third-order valence-electron chi connectivity index (χ3n) is 10.4. The first kappa shape index (κ1) is 52.9. The molecule has 0 aromatic carbocycles. The third-order valence-corrected chi connectivity index (χ3v) is 10.4. The van der Waals surface area contributed by atoms with E-state index in [0.29, 0.717) is 19.3 Å². The van der Waals surface area contributed by atoms with Crippen molar-refractivity contribution in [3.8, 4) is 0 Å². The summed E-state index contributed by atoms with van der Waals surface area (Å²) in [5.74, 6) is -0.882. The molecule has 1 atom stereocenters. The third kappa shape index (κ3) is 42.9. The van der Waals surface area contributed by atoms with Crippen LogP contribution in [-0.2, 0) is 28.6 Å². The molecule has 0 saturated carbocycles. The number of carbonyl (C=O) groups is 3. The maximum Gasteiger partial charge on any atom is 0.306 e. The normalized spacial score (nSPS) is 12.1. The summed E-state index contributed by atoms with van der Waals surface area (Å²) in [5.41, 5.74) is 0. The first-order chi connectivity index (χ1) is 27.0. The number of ether oxygens (including phenoxy) is 3. The van der Waals surface area contributed by atoms with Crippen LogP contribution in [0, 0.1) is 0 Å². The minimum atomic E-state index is -0.770. The molecule has 0 radical (unpaired) electrons. The van der Waals surface area contributed by atoms with Gasteiger partial charge in [0.25, 0.3) is 0 Å². The summed E-state index contributed by atoms with van der Waals surface area (Å²) in [4.78, 5) is 37.7. The number of carbonyl (C=O) groups excluding carboxylic acids is 3. The Bertz CT molecular complexity index is 896. The SMILES string of the molecule is CCCC/C=C\CCCCCCCC(=O)O[C@H](COC(=O)CCCCCCCCC/C=C\CCCCCC)COC(=O)CCCCCCCCCCCCC. The lowest BCUT2D eigenvalue weighted by molar-refractivity contribution is -0.167. The Balaban J connectivity index is 4.34. The monoisotopic (exact) mass is 775 g/mol. The van der Waals surface area contributed by atoms with Gasteiger partial charge in [0, 0.05) is 19.3 Å². The predicted octanol–water partition coefficient (Wildman–Crippen LogP) is 15.2. The van der Waals surface area contributed by atoms with Crippen molar-refractivity contribution in [1.82, 2.24) is 0 Å². The van der Waals surface area contributed by atoms with Gasteiger partial charge in [-0.1, -0.05) is 193 Å². The van der Waals surface area contributed by atoms with Crippen LogP contribution in [0.2, 0.25) is 0 Å². The van der Waals surface area contributed by atoms with Crippen LogP contribution in [0.25, 0.3) is 0 Å². The Hall–Kier alpha value is -2.11. The molecule has 0 bridgehead atoms. The molecule has 0 heterocycles. The maximum atomic E-state index is 12.7.